The highest BCUT2D eigenvalue weighted by Gasteiger charge is 2.40. The third-order valence-electron chi connectivity index (χ3n) is 4.99. The highest BCUT2D eigenvalue weighted by atomic mass is 16.5. The van der Waals surface area contributed by atoms with E-state index in [9.17, 15) is 14.4 Å². The normalized spacial score (nSPS) is 17.1. The van der Waals surface area contributed by atoms with Crippen LogP contribution in [-0.4, -0.2) is 33.9 Å². The van der Waals surface area contributed by atoms with Gasteiger partial charge in [-0.15, -0.1) is 0 Å². The van der Waals surface area contributed by atoms with E-state index in [-0.39, 0.29) is 17.9 Å². The van der Waals surface area contributed by atoms with Crippen molar-refractivity contribution >= 4 is 29.4 Å². The van der Waals surface area contributed by atoms with Crippen LogP contribution < -0.4 is 10.6 Å². The Kier molecular flexibility index (Phi) is 4.39. The van der Waals surface area contributed by atoms with Crippen molar-refractivity contribution in [3.05, 3.63) is 41.2 Å². The zero-order valence-corrected chi connectivity index (χ0v) is 14.9. The van der Waals surface area contributed by atoms with Gasteiger partial charge in [0.25, 0.3) is 11.8 Å². The first-order valence-electron chi connectivity index (χ1n) is 9.06. The van der Waals surface area contributed by atoms with Crippen molar-refractivity contribution in [3.63, 3.8) is 0 Å². The average Bonchev–Trinajstić information content (AvgIpc) is 3.17. The van der Waals surface area contributed by atoms with E-state index in [0.717, 1.165) is 32.1 Å². The van der Waals surface area contributed by atoms with Gasteiger partial charge in [0.2, 0.25) is 0 Å². The smallest absolute Gasteiger partial charge is 0.324 e. The minimum Gasteiger partial charge on any atom is -0.360 e. The molecule has 1 aliphatic heterocycles. The van der Waals surface area contributed by atoms with E-state index in [0.29, 0.717) is 28.4 Å². The summed E-state index contributed by atoms with van der Waals surface area (Å²) in [5, 5.41) is 8.87. The molecule has 1 aromatic heterocycles. The number of urea groups is 1. The number of benzene rings is 1. The second kappa shape index (κ2) is 6.86. The molecule has 4 amide bonds. The molecular formula is C19H20N4O4. The summed E-state index contributed by atoms with van der Waals surface area (Å²) in [6.07, 6.45) is 4.93. The maximum atomic E-state index is 12.8. The van der Waals surface area contributed by atoms with Crippen molar-refractivity contribution in [1.82, 2.24) is 10.1 Å². The lowest BCUT2D eigenvalue weighted by molar-refractivity contribution is 0.0549. The number of nitrogens with zero attached hydrogens (tertiary/aromatic N) is 2. The molecule has 0 bridgehead atoms. The minimum atomic E-state index is -0.510. The van der Waals surface area contributed by atoms with Crippen LogP contribution in [0, 0.1) is 6.92 Å². The number of amides is 4. The Balaban J connectivity index is 1.49. The first-order chi connectivity index (χ1) is 13.0. The van der Waals surface area contributed by atoms with E-state index < -0.39 is 6.03 Å². The Bertz CT molecular complexity index is 914. The van der Waals surface area contributed by atoms with Crippen LogP contribution in [-0.2, 0) is 0 Å². The Labute approximate surface area is 155 Å². The molecule has 0 radical (unpaired) electrons. The second-order valence-electron chi connectivity index (χ2n) is 6.93. The zero-order chi connectivity index (χ0) is 19.0. The number of imide groups is 1. The second-order valence-corrected chi connectivity index (χ2v) is 6.93. The molecule has 2 aliphatic rings. The fourth-order valence-corrected chi connectivity index (χ4v) is 3.71. The van der Waals surface area contributed by atoms with Crippen LogP contribution >= 0.6 is 0 Å². The van der Waals surface area contributed by atoms with Crippen LogP contribution in [0.5, 0.6) is 0 Å². The molecule has 1 fully saturated rings. The molecule has 2 aromatic rings. The Morgan fingerprint density at radius 2 is 1.81 bits per heavy atom. The van der Waals surface area contributed by atoms with Crippen LogP contribution in [0.15, 0.2) is 28.8 Å². The largest absolute Gasteiger partial charge is 0.360 e. The number of carbonyl (C=O) groups is 3. The topological polar surface area (TPSA) is 105 Å². The number of nitrogens with one attached hydrogen (secondary N) is 2. The molecule has 2 N–H and O–H groups in total. The average molecular weight is 368 g/mol. The molecule has 8 heteroatoms. The molecule has 27 heavy (non-hydrogen) atoms. The number of anilines is 2. The molecule has 8 nitrogen and oxygen atoms in total. The quantitative estimate of drug-likeness (QED) is 0.806. The van der Waals surface area contributed by atoms with E-state index in [1.165, 1.54) is 4.90 Å². The summed E-state index contributed by atoms with van der Waals surface area (Å²) < 4.78 is 4.89. The van der Waals surface area contributed by atoms with Gasteiger partial charge < -0.3 is 9.84 Å². The summed E-state index contributed by atoms with van der Waals surface area (Å²) in [4.78, 5) is 38.9. The summed E-state index contributed by atoms with van der Waals surface area (Å²) in [6.45, 7) is 1.72. The lowest BCUT2D eigenvalue weighted by Gasteiger charge is -2.29. The highest BCUT2D eigenvalue weighted by Crippen LogP contribution is 2.32. The first-order valence-corrected chi connectivity index (χ1v) is 9.06. The van der Waals surface area contributed by atoms with Crippen molar-refractivity contribution in [2.75, 3.05) is 10.6 Å². The lowest BCUT2D eigenvalue weighted by atomic mass is 9.94. The summed E-state index contributed by atoms with van der Waals surface area (Å²) in [5.41, 5.74) is 1.16. The molecule has 1 saturated carbocycles. The fourth-order valence-electron chi connectivity index (χ4n) is 3.71. The molecule has 140 valence electrons. The van der Waals surface area contributed by atoms with Gasteiger partial charge in [0.15, 0.2) is 5.82 Å². The predicted octanol–water partition coefficient (Wildman–Crippen LogP) is 3.56. The van der Waals surface area contributed by atoms with Gasteiger partial charge in [-0.1, -0.05) is 24.4 Å². The standard InChI is InChI=1S/C19H20N4O4/c1-11-9-16(22-27-11)21-19(26)20-12-7-8-14-15(10-12)18(25)23(17(14)24)13-5-3-2-4-6-13/h7-10,13H,2-6H2,1H3,(H2,20,21,22,26). The zero-order valence-electron chi connectivity index (χ0n) is 14.9. The summed E-state index contributed by atoms with van der Waals surface area (Å²) in [7, 11) is 0. The third-order valence-corrected chi connectivity index (χ3v) is 4.99. The van der Waals surface area contributed by atoms with E-state index in [1.54, 1.807) is 31.2 Å². The van der Waals surface area contributed by atoms with Crippen molar-refractivity contribution in [2.24, 2.45) is 0 Å². The molecule has 0 spiro atoms. The van der Waals surface area contributed by atoms with Crippen LogP contribution in [0.2, 0.25) is 0 Å². The van der Waals surface area contributed by atoms with E-state index in [1.807, 2.05) is 0 Å². The summed E-state index contributed by atoms with van der Waals surface area (Å²) >= 11 is 0. The SMILES string of the molecule is Cc1cc(NC(=O)Nc2ccc3c(c2)C(=O)N(C2CCCCC2)C3=O)no1. The Hall–Kier alpha value is -3.16. The van der Waals surface area contributed by atoms with E-state index in [4.69, 9.17) is 4.52 Å². The number of hydrogen-bond donors (Lipinski definition) is 2. The molecule has 0 saturated heterocycles. The Morgan fingerprint density at radius 3 is 2.52 bits per heavy atom. The van der Waals surface area contributed by atoms with Crippen molar-refractivity contribution in [1.29, 1.82) is 0 Å². The predicted molar refractivity (Wildman–Crippen MR) is 97.7 cm³/mol. The molecule has 0 unspecified atom stereocenters. The Morgan fingerprint density at radius 1 is 1.07 bits per heavy atom. The van der Waals surface area contributed by atoms with Gasteiger partial charge in [0.1, 0.15) is 5.76 Å². The van der Waals surface area contributed by atoms with E-state index in [2.05, 4.69) is 15.8 Å². The summed E-state index contributed by atoms with van der Waals surface area (Å²) in [5.74, 6) is 0.352. The van der Waals surface area contributed by atoms with E-state index >= 15 is 0 Å². The molecule has 2 heterocycles. The van der Waals surface area contributed by atoms with Gasteiger partial charge in [-0.3, -0.25) is 19.8 Å². The van der Waals surface area contributed by atoms with Crippen LogP contribution in [0.3, 0.4) is 0 Å². The minimum absolute atomic E-state index is 0.0266. The summed E-state index contributed by atoms with van der Waals surface area (Å²) in [6, 6.07) is 5.81. The van der Waals surface area contributed by atoms with Gasteiger partial charge >= 0.3 is 6.03 Å². The van der Waals surface area contributed by atoms with Gasteiger partial charge in [-0.05, 0) is 38.0 Å². The monoisotopic (exact) mass is 368 g/mol. The van der Waals surface area contributed by atoms with Crippen molar-refractivity contribution < 1.29 is 18.9 Å². The molecular weight excluding hydrogens is 348 g/mol. The molecule has 1 aliphatic carbocycles. The van der Waals surface area contributed by atoms with Gasteiger partial charge in [0.05, 0.1) is 11.1 Å². The fraction of sp³-hybridized carbons (Fsp3) is 0.368. The van der Waals surface area contributed by atoms with Crippen LogP contribution in [0.25, 0.3) is 0 Å². The molecule has 1 aromatic carbocycles. The number of fused-ring (bicyclic) bond motifs is 1. The number of aromatic nitrogens is 1. The molecule has 4 rings (SSSR count). The number of rotatable bonds is 3. The van der Waals surface area contributed by atoms with Gasteiger partial charge in [-0.2, -0.15) is 0 Å². The maximum Gasteiger partial charge on any atom is 0.324 e. The van der Waals surface area contributed by atoms with Gasteiger partial charge in [-0.25, -0.2) is 4.79 Å². The molecule has 0 atom stereocenters. The highest BCUT2D eigenvalue weighted by molar-refractivity contribution is 6.22. The van der Waals surface area contributed by atoms with Crippen molar-refractivity contribution in [3.8, 4) is 0 Å². The number of hydrogen-bond acceptors (Lipinski definition) is 5. The van der Waals surface area contributed by atoms with Gasteiger partial charge in [0, 0.05) is 17.8 Å². The lowest BCUT2D eigenvalue weighted by Crippen LogP contribution is -2.40. The third kappa shape index (κ3) is 3.30. The maximum absolute atomic E-state index is 12.8. The van der Waals surface area contributed by atoms with Crippen molar-refractivity contribution in [2.45, 2.75) is 45.1 Å². The van der Waals surface area contributed by atoms with Crippen LogP contribution in [0.1, 0.15) is 58.6 Å². The number of aryl methyl sites for hydroxylation is 1. The van der Waals surface area contributed by atoms with Crippen LogP contribution in [0.4, 0.5) is 16.3 Å². The number of carbonyl (C=O) groups excluding carboxylic acids is 3. The first kappa shape index (κ1) is 17.3.